The molecule has 1 aliphatic heterocycles. The van der Waals surface area contributed by atoms with Gasteiger partial charge in [0.05, 0.1) is 25.8 Å². The van der Waals surface area contributed by atoms with Gasteiger partial charge in [0.2, 0.25) is 0 Å². The smallest absolute Gasteiger partial charge is 0.336 e. The highest BCUT2D eigenvalue weighted by molar-refractivity contribution is 7.07. The Bertz CT molecular complexity index is 406. The van der Waals surface area contributed by atoms with Gasteiger partial charge in [-0.3, -0.25) is 4.79 Å². The zero-order valence-corrected chi connectivity index (χ0v) is 10.1. The molecule has 2 heterocycles. The molecule has 17 heavy (non-hydrogen) atoms. The van der Waals surface area contributed by atoms with E-state index in [0.717, 1.165) is 0 Å². The first-order valence-corrected chi connectivity index (χ1v) is 6.03. The van der Waals surface area contributed by atoms with Crippen molar-refractivity contribution in [3.05, 3.63) is 16.6 Å². The van der Waals surface area contributed by atoms with Crippen molar-refractivity contribution in [3.63, 3.8) is 0 Å². The van der Waals surface area contributed by atoms with E-state index in [9.17, 15) is 9.59 Å². The molecule has 0 radical (unpaired) electrons. The number of thiazole rings is 1. The van der Waals surface area contributed by atoms with Crippen LogP contribution in [0.5, 0.6) is 0 Å². The molecule has 0 N–H and O–H groups in total. The number of methoxy groups -OCH3 is 1. The molecular formula is C10H12N2O4S. The summed E-state index contributed by atoms with van der Waals surface area (Å²) in [4.78, 5) is 28.8. The van der Waals surface area contributed by atoms with Crippen molar-refractivity contribution in [3.8, 4) is 0 Å². The molecule has 1 aromatic rings. The maximum Gasteiger partial charge on any atom is 0.336 e. The zero-order valence-electron chi connectivity index (χ0n) is 9.29. The van der Waals surface area contributed by atoms with Crippen molar-refractivity contribution in [1.82, 2.24) is 9.88 Å². The van der Waals surface area contributed by atoms with Crippen LogP contribution in [0.3, 0.4) is 0 Å². The Morgan fingerprint density at radius 1 is 1.65 bits per heavy atom. The van der Waals surface area contributed by atoms with Crippen molar-refractivity contribution in [2.45, 2.75) is 6.10 Å². The lowest BCUT2D eigenvalue weighted by Crippen LogP contribution is -2.49. The predicted octanol–water partition coefficient (Wildman–Crippen LogP) is 0.157. The molecule has 0 aliphatic carbocycles. The van der Waals surface area contributed by atoms with Crippen LogP contribution in [0.2, 0.25) is 0 Å². The van der Waals surface area contributed by atoms with E-state index in [1.165, 1.54) is 18.4 Å². The van der Waals surface area contributed by atoms with Crippen LogP contribution in [0, 0.1) is 0 Å². The summed E-state index contributed by atoms with van der Waals surface area (Å²) >= 11 is 1.36. The average molecular weight is 256 g/mol. The SMILES string of the molecule is COC(=O)C1CN(C(=O)c2cscn2)CCO1. The van der Waals surface area contributed by atoms with E-state index in [-0.39, 0.29) is 12.5 Å². The highest BCUT2D eigenvalue weighted by Gasteiger charge is 2.30. The highest BCUT2D eigenvalue weighted by Crippen LogP contribution is 2.11. The van der Waals surface area contributed by atoms with Gasteiger partial charge in [-0.2, -0.15) is 0 Å². The standard InChI is InChI=1S/C10H12N2O4S/c1-15-10(14)8-4-12(2-3-16-8)9(13)7-5-17-6-11-7/h5-6,8H,2-4H2,1H3. The summed E-state index contributed by atoms with van der Waals surface area (Å²) in [5, 5.41) is 1.69. The Kier molecular flexibility index (Phi) is 3.70. The summed E-state index contributed by atoms with van der Waals surface area (Å²) in [5.74, 6) is -0.635. The first kappa shape index (κ1) is 12.0. The van der Waals surface area contributed by atoms with Crippen molar-refractivity contribution in [2.24, 2.45) is 0 Å². The predicted molar refractivity (Wildman–Crippen MR) is 59.8 cm³/mol. The van der Waals surface area contributed by atoms with Gasteiger partial charge in [0.25, 0.3) is 5.91 Å². The number of amides is 1. The molecule has 1 amide bonds. The van der Waals surface area contributed by atoms with Crippen LogP contribution >= 0.6 is 11.3 Å². The molecule has 1 unspecified atom stereocenters. The van der Waals surface area contributed by atoms with Gasteiger partial charge in [0, 0.05) is 11.9 Å². The minimum Gasteiger partial charge on any atom is -0.467 e. The van der Waals surface area contributed by atoms with E-state index in [1.54, 1.807) is 15.8 Å². The Morgan fingerprint density at radius 3 is 3.12 bits per heavy atom. The molecule has 1 aromatic heterocycles. The Labute approximate surface area is 102 Å². The van der Waals surface area contributed by atoms with Gasteiger partial charge in [-0.15, -0.1) is 11.3 Å². The molecule has 0 spiro atoms. The second-order valence-corrected chi connectivity index (χ2v) is 4.23. The lowest BCUT2D eigenvalue weighted by molar-refractivity contribution is -0.158. The number of aromatic nitrogens is 1. The minimum atomic E-state index is -0.698. The second kappa shape index (κ2) is 5.24. The fourth-order valence-electron chi connectivity index (χ4n) is 1.59. The number of nitrogens with zero attached hydrogens (tertiary/aromatic N) is 2. The molecule has 0 saturated carbocycles. The fraction of sp³-hybridized carbons (Fsp3) is 0.500. The number of carbonyl (C=O) groups excluding carboxylic acids is 2. The Balaban J connectivity index is 2.02. The number of morpholine rings is 1. The quantitative estimate of drug-likeness (QED) is 0.705. The van der Waals surface area contributed by atoms with Crippen LogP contribution in [0.25, 0.3) is 0 Å². The normalized spacial score (nSPS) is 20.1. The molecule has 1 atom stereocenters. The largest absolute Gasteiger partial charge is 0.467 e. The van der Waals surface area contributed by atoms with E-state index in [1.807, 2.05) is 0 Å². The molecule has 92 valence electrons. The van der Waals surface area contributed by atoms with Crippen LogP contribution in [-0.4, -0.2) is 54.7 Å². The van der Waals surface area contributed by atoms with Gasteiger partial charge < -0.3 is 14.4 Å². The number of ether oxygens (including phenoxy) is 2. The molecule has 0 aromatic carbocycles. The summed E-state index contributed by atoms with van der Waals surface area (Å²) in [6, 6.07) is 0. The van der Waals surface area contributed by atoms with E-state index in [4.69, 9.17) is 4.74 Å². The van der Waals surface area contributed by atoms with Gasteiger partial charge in [-0.25, -0.2) is 9.78 Å². The van der Waals surface area contributed by atoms with Crippen molar-refractivity contribution in [2.75, 3.05) is 26.8 Å². The summed E-state index contributed by atoms with van der Waals surface area (Å²) in [7, 11) is 1.30. The molecule has 1 saturated heterocycles. The number of hydrogen-bond donors (Lipinski definition) is 0. The van der Waals surface area contributed by atoms with E-state index < -0.39 is 12.1 Å². The molecule has 2 rings (SSSR count). The summed E-state index contributed by atoms with van der Waals surface area (Å²) in [6.45, 7) is 1.00. The van der Waals surface area contributed by atoms with Gasteiger partial charge in [-0.05, 0) is 0 Å². The molecule has 1 fully saturated rings. The first-order valence-electron chi connectivity index (χ1n) is 5.09. The van der Waals surface area contributed by atoms with Crippen LogP contribution in [0.4, 0.5) is 0 Å². The second-order valence-electron chi connectivity index (χ2n) is 3.51. The molecule has 1 aliphatic rings. The van der Waals surface area contributed by atoms with Gasteiger partial charge in [-0.1, -0.05) is 0 Å². The number of rotatable bonds is 2. The molecule has 0 bridgehead atoms. The molecular weight excluding hydrogens is 244 g/mol. The Morgan fingerprint density at radius 2 is 2.47 bits per heavy atom. The van der Waals surface area contributed by atoms with Gasteiger partial charge in [0.15, 0.2) is 6.10 Å². The Hall–Kier alpha value is -1.47. The third-order valence-corrected chi connectivity index (χ3v) is 3.06. The van der Waals surface area contributed by atoms with Crippen LogP contribution in [-0.2, 0) is 14.3 Å². The summed E-state index contributed by atoms with van der Waals surface area (Å²) in [6.07, 6.45) is -0.698. The maximum atomic E-state index is 12.0. The molecule has 7 heteroatoms. The topological polar surface area (TPSA) is 68.7 Å². The van der Waals surface area contributed by atoms with Crippen molar-refractivity contribution in [1.29, 1.82) is 0 Å². The maximum absolute atomic E-state index is 12.0. The van der Waals surface area contributed by atoms with Crippen LogP contribution in [0.15, 0.2) is 10.9 Å². The zero-order chi connectivity index (χ0) is 12.3. The van der Waals surface area contributed by atoms with Gasteiger partial charge in [0.1, 0.15) is 5.69 Å². The minimum absolute atomic E-state index is 0.177. The van der Waals surface area contributed by atoms with Crippen LogP contribution in [0.1, 0.15) is 10.5 Å². The monoisotopic (exact) mass is 256 g/mol. The van der Waals surface area contributed by atoms with E-state index in [0.29, 0.717) is 18.8 Å². The third-order valence-electron chi connectivity index (χ3n) is 2.47. The number of esters is 1. The lowest BCUT2D eigenvalue weighted by atomic mass is 10.2. The number of hydrogen-bond acceptors (Lipinski definition) is 6. The lowest BCUT2D eigenvalue weighted by Gasteiger charge is -2.30. The summed E-state index contributed by atoms with van der Waals surface area (Å²) < 4.78 is 9.84. The van der Waals surface area contributed by atoms with Gasteiger partial charge >= 0.3 is 5.97 Å². The van der Waals surface area contributed by atoms with E-state index in [2.05, 4.69) is 9.72 Å². The fourth-order valence-corrected chi connectivity index (χ4v) is 2.11. The highest BCUT2D eigenvalue weighted by atomic mass is 32.1. The third kappa shape index (κ3) is 2.62. The van der Waals surface area contributed by atoms with E-state index >= 15 is 0 Å². The first-order chi connectivity index (χ1) is 8.22. The number of carbonyl (C=O) groups is 2. The van der Waals surface area contributed by atoms with Crippen molar-refractivity contribution >= 4 is 23.2 Å². The van der Waals surface area contributed by atoms with Crippen molar-refractivity contribution < 1.29 is 19.1 Å². The van der Waals surface area contributed by atoms with Crippen LogP contribution < -0.4 is 0 Å². The molecule has 6 nitrogen and oxygen atoms in total. The summed E-state index contributed by atoms with van der Waals surface area (Å²) in [5.41, 5.74) is 2.01. The average Bonchev–Trinajstić information content (AvgIpc) is 2.91.